The van der Waals surface area contributed by atoms with E-state index in [1.54, 1.807) is 6.92 Å². The third-order valence-corrected chi connectivity index (χ3v) is 8.18. The van der Waals surface area contributed by atoms with Crippen LogP contribution in [0.15, 0.2) is 42.5 Å². The molecule has 0 radical (unpaired) electrons. The summed E-state index contributed by atoms with van der Waals surface area (Å²) in [6.45, 7) is 3.92. The van der Waals surface area contributed by atoms with Gasteiger partial charge in [0.15, 0.2) is 9.84 Å². The first-order chi connectivity index (χ1) is 20.1. The number of benzene rings is 2. The number of ether oxygens (including phenoxy) is 1. The molecule has 14 heteroatoms. The van der Waals surface area contributed by atoms with Crippen LogP contribution < -0.4 is 16.4 Å². The molecule has 3 atom stereocenters. The fourth-order valence-corrected chi connectivity index (χ4v) is 5.88. The molecule has 0 heterocycles. The number of nitrogens with two attached hydrogens (primary N) is 1. The highest BCUT2D eigenvalue weighted by Gasteiger charge is 2.36. The van der Waals surface area contributed by atoms with E-state index in [0.717, 1.165) is 29.7 Å². The van der Waals surface area contributed by atoms with Gasteiger partial charge in [-0.05, 0) is 48.1 Å². The van der Waals surface area contributed by atoms with Crippen molar-refractivity contribution >= 4 is 21.7 Å². The fourth-order valence-electron chi connectivity index (χ4n) is 4.26. The van der Waals surface area contributed by atoms with Gasteiger partial charge in [-0.1, -0.05) is 44.5 Å². The van der Waals surface area contributed by atoms with E-state index in [9.17, 15) is 40.0 Å². The SMILES string of the molecule is CCCCS(=O)(=O)C[C@@H](NC(=O)CC(F)(F)F)C(=O)O[C@H](CNCc1cccc(CC)c1)[C@@H](N)Cc1cc(F)cc(F)c1. The number of hydrogen-bond acceptors (Lipinski definition) is 7. The molecule has 0 aliphatic heterocycles. The lowest BCUT2D eigenvalue weighted by Gasteiger charge is -2.27. The van der Waals surface area contributed by atoms with Crippen molar-refractivity contribution < 1.29 is 44.7 Å². The van der Waals surface area contributed by atoms with Crippen molar-refractivity contribution in [2.75, 3.05) is 18.1 Å². The van der Waals surface area contributed by atoms with E-state index in [0.29, 0.717) is 19.0 Å². The number of carbonyl (C=O) groups excluding carboxylic acids is 2. The van der Waals surface area contributed by atoms with Gasteiger partial charge in [-0.2, -0.15) is 13.2 Å². The monoisotopic (exact) mass is 635 g/mol. The number of aryl methyl sites for hydroxylation is 1. The van der Waals surface area contributed by atoms with Crippen LogP contribution >= 0.6 is 0 Å². The number of carbonyl (C=O) groups is 2. The molecule has 4 N–H and O–H groups in total. The lowest BCUT2D eigenvalue weighted by atomic mass is 10.0. The molecule has 2 rings (SSSR count). The average Bonchev–Trinajstić information content (AvgIpc) is 2.89. The Morgan fingerprint density at radius 1 is 1.00 bits per heavy atom. The number of alkyl halides is 3. The highest BCUT2D eigenvalue weighted by molar-refractivity contribution is 7.91. The van der Waals surface area contributed by atoms with E-state index in [1.165, 1.54) is 0 Å². The van der Waals surface area contributed by atoms with E-state index >= 15 is 0 Å². The minimum Gasteiger partial charge on any atom is -0.458 e. The van der Waals surface area contributed by atoms with Crippen molar-refractivity contribution in [1.82, 2.24) is 10.6 Å². The van der Waals surface area contributed by atoms with Crippen molar-refractivity contribution in [3.63, 3.8) is 0 Å². The van der Waals surface area contributed by atoms with Gasteiger partial charge < -0.3 is 21.1 Å². The van der Waals surface area contributed by atoms with Crippen LogP contribution in [0.4, 0.5) is 22.0 Å². The number of halogens is 5. The van der Waals surface area contributed by atoms with Crippen LogP contribution in [0.5, 0.6) is 0 Å². The summed E-state index contributed by atoms with van der Waals surface area (Å²) in [6.07, 6.45) is -6.69. The Morgan fingerprint density at radius 3 is 2.26 bits per heavy atom. The summed E-state index contributed by atoms with van der Waals surface area (Å²) in [5.41, 5.74) is 8.41. The molecule has 1 amide bonds. The van der Waals surface area contributed by atoms with Gasteiger partial charge in [0.05, 0.1) is 11.5 Å². The average molecular weight is 636 g/mol. The van der Waals surface area contributed by atoms with E-state index in [4.69, 9.17) is 10.5 Å². The van der Waals surface area contributed by atoms with Gasteiger partial charge in [-0.3, -0.25) is 4.79 Å². The van der Waals surface area contributed by atoms with Crippen molar-refractivity contribution in [2.24, 2.45) is 5.73 Å². The maximum absolute atomic E-state index is 13.8. The predicted octanol–water partition coefficient (Wildman–Crippen LogP) is 3.75. The Bertz CT molecular complexity index is 1300. The number of amides is 1. The summed E-state index contributed by atoms with van der Waals surface area (Å²) in [5.74, 6) is -5.95. The third-order valence-electron chi connectivity index (χ3n) is 6.42. The van der Waals surface area contributed by atoms with Gasteiger partial charge in [-0.15, -0.1) is 0 Å². The molecule has 240 valence electrons. The van der Waals surface area contributed by atoms with Crippen LogP contribution in [0.25, 0.3) is 0 Å². The molecule has 0 aliphatic carbocycles. The summed E-state index contributed by atoms with van der Waals surface area (Å²) in [7, 11) is -3.98. The summed E-state index contributed by atoms with van der Waals surface area (Å²) in [5, 5.41) is 4.91. The van der Waals surface area contributed by atoms with Crippen molar-refractivity contribution in [1.29, 1.82) is 0 Å². The van der Waals surface area contributed by atoms with E-state index in [1.807, 2.05) is 36.5 Å². The Labute approximate surface area is 248 Å². The van der Waals surface area contributed by atoms with Crippen LogP contribution in [0.3, 0.4) is 0 Å². The largest absolute Gasteiger partial charge is 0.458 e. The number of unbranched alkanes of at least 4 members (excludes halogenated alkanes) is 1. The molecule has 0 saturated heterocycles. The molecule has 0 unspecified atom stereocenters. The van der Waals surface area contributed by atoms with Crippen LogP contribution in [0, 0.1) is 11.6 Å². The molecule has 0 fully saturated rings. The smallest absolute Gasteiger partial charge is 0.397 e. The Kier molecular flexibility index (Phi) is 14.0. The maximum atomic E-state index is 13.8. The zero-order chi connectivity index (χ0) is 32.2. The van der Waals surface area contributed by atoms with Gasteiger partial charge in [0, 0.05) is 25.2 Å². The molecule has 0 spiro atoms. The Hall–Kier alpha value is -3.10. The molecular formula is C29H38F5N3O5S. The summed E-state index contributed by atoms with van der Waals surface area (Å²) < 4.78 is 96.6. The van der Waals surface area contributed by atoms with Crippen LogP contribution in [0.1, 0.15) is 49.8 Å². The van der Waals surface area contributed by atoms with Crippen molar-refractivity contribution in [3.05, 3.63) is 70.8 Å². The molecule has 43 heavy (non-hydrogen) atoms. The number of rotatable bonds is 17. The molecule has 0 bridgehead atoms. The number of esters is 1. The summed E-state index contributed by atoms with van der Waals surface area (Å²) in [4.78, 5) is 25.2. The highest BCUT2D eigenvalue weighted by atomic mass is 32.2. The van der Waals surface area contributed by atoms with Gasteiger partial charge in [0.25, 0.3) is 0 Å². The van der Waals surface area contributed by atoms with Gasteiger partial charge in [0.2, 0.25) is 5.91 Å². The van der Waals surface area contributed by atoms with Crippen molar-refractivity contribution in [2.45, 2.75) is 76.9 Å². The van der Waals surface area contributed by atoms with Crippen LogP contribution in [0.2, 0.25) is 0 Å². The highest BCUT2D eigenvalue weighted by Crippen LogP contribution is 2.19. The first-order valence-corrected chi connectivity index (χ1v) is 15.7. The van der Waals surface area contributed by atoms with Gasteiger partial charge in [0.1, 0.15) is 30.2 Å². The van der Waals surface area contributed by atoms with E-state index in [-0.39, 0.29) is 30.7 Å². The lowest BCUT2D eigenvalue weighted by molar-refractivity contribution is -0.160. The molecule has 0 saturated carbocycles. The van der Waals surface area contributed by atoms with Gasteiger partial charge in [-0.25, -0.2) is 22.0 Å². The lowest BCUT2D eigenvalue weighted by Crippen LogP contribution is -2.52. The minimum atomic E-state index is -4.90. The molecule has 0 aromatic heterocycles. The summed E-state index contributed by atoms with van der Waals surface area (Å²) in [6, 6.07) is 7.37. The first kappa shape index (κ1) is 36.1. The first-order valence-electron chi connectivity index (χ1n) is 13.9. The maximum Gasteiger partial charge on any atom is 0.397 e. The third kappa shape index (κ3) is 13.8. The Morgan fingerprint density at radius 2 is 1.65 bits per heavy atom. The number of hydrogen-bond donors (Lipinski definition) is 3. The Balaban J connectivity index is 2.28. The second kappa shape index (κ2) is 16.7. The number of nitrogens with one attached hydrogen (secondary N) is 2. The van der Waals surface area contributed by atoms with E-state index in [2.05, 4.69) is 5.32 Å². The van der Waals surface area contributed by atoms with Crippen LogP contribution in [-0.2, 0) is 43.5 Å². The predicted molar refractivity (Wildman–Crippen MR) is 152 cm³/mol. The standard InChI is InChI=1S/C29H38F5N3O5S/c1-3-5-9-43(40,41)18-25(37-27(38)15-29(32,33)34)28(39)42-26(17-36-16-20-8-6-7-19(4-2)10-20)24(35)13-21-11-22(30)14-23(31)12-21/h6-8,10-12,14,24-26,36H,3-5,9,13,15-18,35H2,1-2H3,(H,37,38)/t24-,25+,26+/m0/s1. The molecule has 2 aromatic carbocycles. The zero-order valence-corrected chi connectivity index (χ0v) is 24.9. The topological polar surface area (TPSA) is 128 Å². The molecule has 0 aliphatic rings. The second-order valence-electron chi connectivity index (χ2n) is 10.3. The van der Waals surface area contributed by atoms with Gasteiger partial charge >= 0.3 is 12.1 Å². The second-order valence-corrected chi connectivity index (χ2v) is 12.5. The fraction of sp³-hybridized carbons (Fsp3) is 0.517. The molecule has 8 nitrogen and oxygen atoms in total. The van der Waals surface area contributed by atoms with Crippen molar-refractivity contribution in [3.8, 4) is 0 Å². The molecular weight excluding hydrogens is 597 g/mol. The number of sulfone groups is 1. The molecule has 2 aromatic rings. The zero-order valence-electron chi connectivity index (χ0n) is 24.1. The minimum absolute atomic E-state index is 0.104. The normalized spacial score (nSPS) is 14.1. The van der Waals surface area contributed by atoms with Crippen LogP contribution in [-0.4, -0.2) is 62.7 Å². The van der Waals surface area contributed by atoms with E-state index < -0.39 is 69.9 Å². The summed E-state index contributed by atoms with van der Waals surface area (Å²) >= 11 is 0. The quantitative estimate of drug-likeness (QED) is 0.179.